The SMILES string of the molecule is COC(=O)c1ccc(OC(C)C(=O)Nc2ccc(C)cc2Br)c(Br)c1. The first kappa shape index (κ1) is 19.5. The van der Waals surface area contributed by atoms with E-state index < -0.39 is 12.1 Å². The van der Waals surface area contributed by atoms with Gasteiger partial charge in [0, 0.05) is 4.47 Å². The Labute approximate surface area is 163 Å². The molecule has 0 aromatic heterocycles. The Balaban J connectivity index is 2.07. The Morgan fingerprint density at radius 2 is 1.80 bits per heavy atom. The van der Waals surface area contributed by atoms with Crippen molar-refractivity contribution in [3.8, 4) is 5.75 Å². The van der Waals surface area contributed by atoms with Crippen molar-refractivity contribution in [2.75, 3.05) is 12.4 Å². The molecule has 0 saturated carbocycles. The van der Waals surface area contributed by atoms with Crippen LogP contribution in [0.4, 0.5) is 5.69 Å². The van der Waals surface area contributed by atoms with Gasteiger partial charge >= 0.3 is 5.97 Å². The molecule has 2 rings (SSSR count). The molecule has 0 aliphatic carbocycles. The van der Waals surface area contributed by atoms with Crippen molar-refractivity contribution in [1.29, 1.82) is 0 Å². The zero-order valence-electron chi connectivity index (χ0n) is 13.9. The van der Waals surface area contributed by atoms with Crippen LogP contribution in [0.5, 0.6) is 5.75 Å². The summed E-state index contributed by atoms with van der Waals surface area (Å²) in [4.78, 5) is 23.9. The van der Waals surface area contributed by atoms with Crippen LogP contribution in [0.3, 0.4) is 0 Å². The van der Waals surface area contributed by atoms with Crippen LogP contribution in [0.1, 0.15) is 22.8 Å². The Hall–Kier alpha value is -1.86. The van der Waals surface area contributed by atoms with Crippen molar-refractivity contribution in [3.05, 3.63) is 56.5 Å². The van der Waals surface area contributed by atoms with Gasteiger partial charge in [-0.2, -0.15) is 0 Å². The van der Waals surface area contributed by atoms with Crippen LogP contribution in [0.2, 0.25) is 0 Å². The molecule has 1 atom stereocenters. The number of halogens is 2. The zero-order valence-corrected chi connectivity index (χ0v) is 17.1. The van der Waals surface area contributed by atoms with Crippen LogP contribution >= 0.6 is 31.9 Å². The maximum atomic E-state index is 12.3. The summed E-state index contributed by atoms with van der Waals surface area (Å²) in [6.07, 6.45) is -0.728. The minimum atomic E-state index is -0.728. The van der Waals surface area contributed by atoms with Gasteiger partial charge in [0.2, 0.25) is 0 Å². The van der Waals surface area contributed by atoms with Crippen LogP contribution in [-0.4, -0.2) is 25.1 Å². The number of hydrogen-bond donors (Lipinski definition) is 1. The molecule has 0 radical (unpaired) electrons. The summed E-state index contributed by atoms with van der Waals surface area (Å²) in [6.45, 7) is 3.62. The van der Waals surface area contributed by atoms with Crippen molar-refractivity contribution < 1.29 is 19.1 Å². The van der Waals surface area contributed by atoms with Crippen LogP contribution in [0.15, 0.2) is 45.3 Å². The number of nitrogens with one attached hydrogen (secondary N) is 1. The number of carbonyl (C=O) groups is 2. The van der Waals surface area contributed by atoms with E-state index in [1.165, 1.54) is 7.11 Å². The lowest BCUT2D eigenvalue weighted by Gasteiger charge is -2.17. The molecule has 0 aliphatic heterocycles. The van der Waals surface area contributed by atoms with Crippen LogP contribution in [0, 0.1) is 6.92 Å². The number of methoxy groups -OCH3 is 1. The minimum absolute atomic E-state index is 0.284. The number of esters is 1. The van der Waals surface area contributed by atoms with E-state index in [0.717, 1.165) is 10.0 Å². The first-order valence-corrected chi connectivity index (χ1v) is 9.02. The Bertz CT molecular complexity index is 808. The number of rotatable bonds is 5. The third kappa shape index (κ3) is 5.06. The summed E-state index contributed by atoms with van der Waals surface area (Å²) >= 11 is 6.76. The van der Waals surface area contributed by atoms with E-state index in [4.69, 9.17) is 4.74 Å². The molecule has 0 fully saturated rings. The Kier molecular flexibility index (Phi) is 6.61. The molecule has 0 spiro atoms. The highest BCUT2D eigenvalue weighted by molar-refractivity contribution is 9.11. The van der Waals surface area contributed by atoms with Gasteiger partial charge in [0.05, 0.1) is 22.8 Å². The summed E-state index contributed by atoms with van der Waals surface area (Å²) in [7, 11) is 1.32. The molecule has 2 aromatic carbocycles. The Morgan fingerprint density at radius 1 is 1.08 bits per heavy atom. The van der Waals surface area contributed by atoms with E-state index in [1.807, 2.05) is 25.1 Å². The smallest absolute Gasteiger partial charge is 0.337 e. The number of ether oxygens (including phenoxy) is 2. The zero-order chi connectivity index (χ0) is 18.6. The summed E-state index contributed by atoms with van der Waals surface area (Å²) in [6, 6.07) is 10.4. The van der Waals surface area contributed by atoms with Gasteiger partial charge in [0.15, 0.2) is 6.10 Å². The van der Waals surface area contributed by atoms with Crippen molar-refractivity contribution in [1.82, 2.24) is 0 Å². The van der Waals surface area contributed by atoms with Crippen molar-refractivity contribution in [2.24, 2.45) is 0 Å². The molecule has 5 nitrogen and oxygen atoms in total. The topological polar surface area (TPSA) is 64.6 Å². The van der Waals surface area contributed by atoms with Gasteiger partial charge in [0.25, 0.3) is 5.91 Å². The fourth-order valence-electron chi connectivity index (χ4n) is 2.04. The number of benzene rings is 2. The molecular formula is C18H17Br2NO4. The molecule has 7 heteroatoms. The van der Waals surface area contributed by atoms with Gasteiger partial charge in [-0.15, -0.1) is 0 Å². The maximum absolute atomic E-state index is 12.3. The fourth-order valence-corrected chi connectivity index (χ4v) is 3.11. The molecule has 0 bridgehead atoms. The third-order valence-corrected chi connectivity index (χ3v) is 4.68. The molecule has 1 unspecified atom stereocenters. The van der Waals surface area contributed by atoms with E-state index in [0.29, 0.717) is 21.5 Å². The van der Waals surface area contributed by atoms with Gasteiger partial charge in [-0.25, -0.2) is 4.79 Å². The quantitative estimate of drug-likeness (QED) is 0.642. The van der Waals surface area contributed by atoms with Gasteiger partial charge in [-0.1, -0.05) is 6.07 Å². The largest absolute Gasteiger partial charge is 0.480 e. The van der Waals surface area contributed by atoms with Gasteiger partial charge in [-0.3, -0.25) is 4.79 Å². The van der Waals surface area contributed by atoms with Crippen LogP contribution < -0.4 is 10.1 Å². The predicted molar refractivity (Wildman–Crippen MR) is 103 cm³/mol. The summed E-state index contributed by atoms with van der Waals surface area (Å²) in [5.74, 6) is -0.269. The lowest BCUT2D eigenvalue weighted by atomic mass is 10.2. The molecule has 0 heterocycles. The van der Waals surface area contributed by atoms with Crippen molar-refractivity contribution in [2.45, 2.75) is 20.0 Å². The standard InChI is InChI=1S/C18H17Br2NO4/c1-10-4-6-15(13(19)8-10)21-17(22)11(2)25-16-7-5-12(9-14(16)20)18(23)24-3/h4-9,11H,1-3H3,(H,21,22). The normalized spacial score (nSPS) is 11.6. The first-order valence-electron chi connectivity index (χ1n) is 7.43. The number of carbonyl (C=O) groups excluding carboxylic acids is 2. The fraction of sp³-hybridized carbons (Fsp3) is 0.222. The van der Waals surface area contributed by atoms with Gasteiger partial charge in [-0.05, 0) is 81.6 Å². The molecule has 0 aliphatic rings. The molecule has 1 amide bonds. The summed E-state index contributed by atoms with van der Waals surface area (Å²) in [5.41, 5.74) is 2.15. The monoisotopic (exact) mass is 469 g/mol. The highest BCUT2D eigenvalue weighted by atomic mass is 79.9. The first-order chi connectivity index (χ1) is 11.8. The average Bonchev–Trinajstić information content (AvgIpc) is 2.58. The highest BCUT2D eigenvalue weighted by Crippen LogP contribution is 2.28. The molecule has 2 aromatic rings. The van der Waals surface area contributed by atoms with E-state index >= 15 is 0 Å². The van der Waals surface area contributed by atoms with Gasteiger partial charge < -0.3 is 14.8 Å². The van der Waals surface area contributed by atoms with Crippen molar-refractivity contribution >= 4 is 49.4 Å². The number of hydrogen-bond acceptors (Lipinski definition) is 4. The van der Waals surface area contributed by atoms with Crippen LogP contribution in [-0.2, 0) is 9.53 Å². The summed E-state index contributed by atoms with van der Waals surface area (Å²) in [5, 5.41) is 2.82. The highest BCUT2D eigenvalue weighted by Gasteiger charge is 2.18. The van der Waals surface area contributed by atoms with Crippen LogP contribution in [0.25, 0.3) is 0 Å². The molecular weight excluding hydrogens is 454 g/mol. The summed E-state index contributed by atoms with van der Waals surface area (Å²) < 4.78 is 11.7. The molecule has 1 N–H and O–H groups in total. The van der Waals surface area contributed by atoms with Gasteiger partial charge in [0.1, 0.15) is 5.75 Å². The third-order valence-electron chi connectivity index (χ3n) is 3.41. The maximum Gasteiger partial charge on any atom is 0.337 e. The predicted octanol–water partition coefficient (Wildman–Crippen LogP) is 4.71. The van der Waals surface area contributed by atoms with E-state index in [1.54, 1.807) is 25.1 Å². The number of anilines is 1. The average molecular weight is 471 g/mol. The van der Waals surface area contributed by atoms with E-state index in [9.17, 15) is 9.59 Å². The second kappa shape index (κ2) is 8.49. The second-order valence-corrected chi connectivity index (χ2v) is 7.08. The van der Waals surface area contributed by atoms with E-state index in [-0.39, 0.29) is 5.91 Å². The lowest BCUT2D eigenvalue weighted by molar-refractivity contribution is -0.122. The molecule has 25 heavy (non-hydrogen) atoms. The lowest BCUT2D eigenvalue weighted by Crippen LogP contribution is -2.30. The number of aryl methyl sites for hydroxylation is 1. The Morgan fingerprint density at radius 3 is 2.40 bits per heavy atom. The van der Waals surface area contributed by atoms with Crippen molar-refractivity contribution in [3.63, 3.8) is 0 Å². The molecule has 132 valence electrons. The van der Waals surface area contributed by atoms with E-state index in [2.05, 4.69) is 41.9 Å². The molecule has 0 saturated heterocycles. The minimum Gasteiger partial charge on any atom is -0.480 e. The second-order valence-electron chi connectivity index (χ2n) is 5.37. The number of amides is 1.